The SMILES string of the molecule is COc1ccc(NCc2ccc(C)o2)cc1Br. The van der Waals surface area contributed by atoms with Gasteiger partial charge in [-0.05, 0) is 53.2 Å². The van der Waals surface area contributed by atoms with Crippen molar-refractivity contribution in [2.24, 2.45) is 0 Å². The number of methoxy groups -OCH3 is 1. The Labute approximate surface area is 109 Å². The Hall–Kier alpha value is -1.42. The number of rotatable bonds is 4. The minimum Gasteiger partial charge on any atom is -0.496 e. The second-order valence-electron chi connectivity index (χ2n) is 3.72. The van der Waals surface area contributed by atoms with Crippen LogP contribution in [0.25, 0.3) is 0 Å². The second-order valence-corrected chi connectivity index (χ2v) is 4.57. The number of aryl methyl sites for hydroxylation is 1. The Bertz CT molecular complexity index is 508. The van der Waals surface area contributed by atoms with Gasteiger partial charge in [0.1, 0.15) is 17.3 Å². The lowest BCUT2D eigenvalue weighted by Gasteiger charge is -2.07. The molecule has 0 amide bonds. The zero-order valence-electron chi connectivity index (χ0n) is 9.79. The van der Waals surface area contributed by atoms with Crippen LogP contribution in [0.3, 0.4) is 0 Å². The molecule has 0 spiro atoms. The van der Waals surface area contributed by atoms with E-state index in [1.807, 2.05) is 37.3 Å². The van der Waals surface area contributed by atoms with Gasteiger partial charge in [-0.3, -0.25) is 0 Å². The number of hydrogen-bond acceptors (Lipinski definition) is 3. The Balaban J connectivity index is 2.02. The van der Waals surface area contributed by atoms with Crippen molar-refractivity contribution < 1.29 is 9.15 Å². The average molecular weight is 296 g/mol. The van der Waals surface area contributed by atoms with E-state index in [0.29, 0.717) is 6.54 Å². The minimum atomic E-state index is 0.673. The highest BCUT2D eigenvalue weighted by atomic mass is 79.9. The predicted molar refractivity (Wildman–Crippen MR) is 71.5 cm³/mol. The zero-order valence-corrected chi connectivity index (χ0v) is 11.4. The minimum absolute atomic E-state index is 0.673. The summed E-state index contributed by atoms with van der Waals surface area (Å²) in [5.74, 6) is 2.68. The van der Waals surface area contributed by atoms with Crippen molar-refractivity contribution in [2.75, 3.05) is 12.4 Å². The highest BCUT2D eigenvalue weighted by molar-refractivity contribution is 9.10. The van der Waals surface area contributed by atoms with E-state index in [2.05, 4.69) is 21.2 Å². The number of halogens is 1. The summed E-state index contributed by atoms with van der Waals surface area (Å²) in [5.41, 5.74) is 1.02. The fraction of sp³-hybridized carbons (Fsp3) is 0.231. The molecule has 0 aliphatic carbocycles. The van der Waals surface area contributed by atoms with Gasteiger partial charge in [0, 0.05) is 5.69 Å². The Kier molecular flexibility index (Phi) is 3.74. The van der Waals surface area contributed by atoms with E-state index in [1.165, 1.54) is 0 Å². The van der Waals surface area contributed by atoms with E-state index in [1.54, 1.807) is 7.11 Å². The van der Waals surface area contributed by atoms with E-state index in [9.17, 15) is 0 Å². The highest BCUT2D eigenvalue weighted by Crippen LogP contribution is 2.27. The monoisotopic (exact) mass is 295 g/mol. The van der Waals surface area contributed by atoms with Gasteiger partial charge >= 0.3 is 0 Å². The van der Waals surface area contributed by atoms with Crippen LogP contribution in [-0.2, 0) is 6.54 Å². The number of furan rings is 1. The lowest BCUT2D eigenvalue weighted by Crippen LogP contribution is -1.98. The van der Waals surface area contributed by atoms with Gasteiger partial charge in [0.15, 0.2) is 0 Å². The van der Waals surface area contributed by atoms with Gasteiger partial charge in [0.05, 0.1) is 18.1 Å². The summed E-state index contributed by atoms with van der Waals surface area (Å²) in [6.07, 6.45) is 0. The molecule has 1 aromatic heterocycles. The van der Waals surface area contributed by atoms with E-state index >= 15 is 0 Å². The molecule has 0 fully saturated rings. The van der Waals surface area contributed by atoms with Crippen molar-refractivity contribution in [3.63, 3.8) is 0 Å². The number of anilines is 1. The molecule has 3 nitrogen and oxygen atoms in total. The van der Waals surface area contributed by atoms with E-state index in [4.69, 9.17) is 9.15 Å². The first-order valence-electron chi connectivity index (χ1n) is 5.32. The molecule has 0 aliphatic rings. The maximum atomic E-state index is 5.48. The molecule has 0 aliphatic heterocycles. The molecule has 1 heterocycles. The summed E-state index contributed by atoms with van der Waals surface area (Å²) in [4.78, 5) is 0. The molecular weight excluding hydrogens is 282 g/mol. The molecule has 2 rings (SSSR count). The molecule has 0 bridgehead atoms. The molecule has 0 atom stereocenters. The van der Waals surface area contributed by atoms with Crippen molar-refractivity contribution in [3.8, 4) is 5.75 Å². The summed E-state index contributed by atoms with van der Waals surface area (Å²) in [6.45, 7) is 2.61. The Morgan fingerprint density at radius 2 is 2.12 bits per heavy atom. The summed E-state index contributed by atoms with van der Waals surface area (Å²) in [6, 6.07) is 9.80. The van der Waals surface area contributed by atoms with Crippen molar-refractivity contribution in [2.45, 2.75) is 13.5 Å². The first kappa shape index (κ1) is 12.0. The van der Waals surface area contributed by atoms with Crippen LogP contribution in [0.1, 0.15) is 11.5 Å². The largest absolute Gasteiger partial charge is 0.496 e. The van der Waals surface area contributed by atoms with Gasteiger partial charge in [-0.25, -0.2) is 0 Å². The van der Waals surface area contributed by atoms with Crippen molar-refractivity contribution in [1.29, 1.82) is 0 Å². The van der Waals surface area contributed by atoms with Gasteiger partial charge in [-0.15, -0.1) is 0 Å². The van der Waals surface area contributed by atoms with Crippen LogP contribution in [0, 0.1) is 6.92 Å². The van der Waals surface area contributed by atoms with Gasteiger partial charge in [-0.1, -0.05) is 0 Å². The predicted octanol–water partition coefficient (Wildman–Crippen LogP) is 3.97. The fourth-order valence-electron chi connectivity index (χ4n) is 1.55. The molecular formula is C13H14BrNO2. The zero-order chi connectivity index (χ0) is 12.3. The first-order chi connectivity index (χ1) is 8.19. The normalized spacial score (nSPS) is 10.3. The van der Waals surface area contributed by atoms with Gasteiger partial charge in [0.25, 0.3) is 0 Å². The number of hydrogen-bond donors (Lipinski definition) is 1. The molecule has 0 radical (unpaired) electrons. The van der Waals surface area contributed by atoms with Crippen LogP contribution in [0.4, 0.5) is 5.69 Å². The molecule has 2 aromatic rings. The lowest BCUT2D eigenvalue weighted by atomic mass is 10.3. The standard InChI is InChI=1S/C13H14BrNO2/c1-9-3-5-11(17-9)8-15-10-4-6-13(16-2)12(14)7-10/h3-7,15H,8H2,1-2H3. The number of nitrogens with one attached hydrogen (secondary N) is 1. The molecule has 0 saturated carbocycles. The third kappa shape index (κ3) is 3.03. The molecule has 17 heavy (non-hydrogen) atoms. The van der Waals surface area contributed by atoms with Gasteiger partial charge < -0.3 is 14.5 Å². The third-order valence-corrected chi connectivity index (χ3v) is 3.03. The average Bonchev–Trinajstić information content (AvgIpc) is 2.73. The third-order valence-electron chi connectivity index (χ3n) is 2.41. The van der Waals surface area contributed by atoms with Crippen molar-refractivity contribution in [1.82, 2.24) is 0 Å². The van der Waals surface area contributed by atoms with Crippen molar-refractivity contribution >= 4 is 21.6 Å². The maximum absolute atomic E-state index is 5.48. The summed E-state index contributed by atoms with van der Waals surface area (Å²) in [7, 11) is 1.65. The smallest absolute Gasteiger partial charge is 0.133 e. The maximum Gasteiger partial charge on any atom is 0.133 e. The van der Waals surface area contributed by atoms with Crippen LogP contribution in [0.15, 0.2) is 39.2 Å². The Morgan fingerprint density at radius 3 is 2.71 bits per heavy atom. The van der Waals surface area contributed by atoms with Crippen LogP contribution in [-0.4, -0.2) is 7.11 Å². The van der Waals surface area contributed by atoms with Gasteiger partial charge in [-0.2, -0.15) is 0 Å². The van der Waals surface area contributed by atoms with E-state index in [0.717, 1.165) is 27.4 Å². The Morgan fingerprint density at radius 1 is 1.29 bits per heavy atom. The second kappa shape index (κ2) is 5.27. The summed E-state index contributed by atoms with van der Waals surface area (Å²) >= 11 is 3.45. The van der Waals surface area contributed by atoms with E-state index in [-0.39, 0.29) is 0 Å². The summed E-state index contributed by atoms with van der Waals surface area (Å²) in [5, 5.41) is 3.29. The topological polar surface area (TPSA) is 34.4 Å². The van der Waals surface area contributed by atoms with Crippen LogP contribution in [0.2, 0.25) is 0 Å². The van der Waals surface area contributed by atoms with E-state index < -0.39 is 0 Å². The lowest BCUT2D eigenvalue weighted by molar-refractivity contribution is 0.412. The van der Waals surface area contributed by atoms with Crippen LogP contribution in [0.5, 0.6) is 5.75 Å². The molecule has 4 heteroatoms. The highest BCUT2D eigenvalue weighted by Gasteiger charge is 2.02. The van der Waals surface area contributed by atoms with Gasteiger partial charge in [0.2, 0.25) is 0 Å². The molecule has 0 saturated heterocycles. The number of ether oxygens (including phenoxy) is 1. The molecule has 1 N–H and O–H groups in total. The molecule has 90 valence electrons. The summed E-state index contributed by atoms with van der Waals surface area (Å²) < 4.78 is 11.6. The fourth-order valence-corrected chi connectivity index (χ4v) is 2.09. The first-order valence-corrected chi connectivity index (χ1v) is 6.11. The van der Waals surface area contributed by atoms with Crippen molar-refractivity contribution in [3.05, 3.63) is 46.3 Å². The number of benzene rings is 1. The quantitative estimate of drug-likeness (QED) is 0.927. The van der Waals surface area contributed by atoms with Crippen LogP contribution >= 0.6 is 15.9 Å². The molecule has 0 unspecified atom stereocenters. The van der Waals surface area contributed by atoms with Crippen LogP contribution < -0.4 is 10.1 Å². The molecule has 1 aromatic carbocycles.